The number of ether oxygens (including phenoxy) is 1. The molecule has 0 atom stereocenters. The summed E-state index contributed by atoms with van der Waals surface area (Å²) in [5.41, 5.74) is 2.03. The molecule has 0 saturated heterocycles. The molecule has 0 aromatic heterocycles. The van der Waals surface area contributed by atoms with E-state index in [9.17, 15) is 14.7 Å². The van der Waals surface area contributed by atoms with Gasteiger partial charge >= 0.3 is 5.97 Å². The smallest absolute Gasteiger partial charge is 0.336 e. The molecule has 1 amide bonds. The molecule has 0 fully saturated rings. The zero-order valence-corrected chi connectivity index (χ0v) is 12.7. The fraction of sp³-hybridized carbons (Fsp3) is 0.176. The Morgan fingerprint density at radius 1 is 1.05 bits per heavy atom. The number of carbonyl (C=O) groups is 2. The molecule has 0 aliphatic rings. The van der Waals surface area contributed by atoms with E-state index < -0.39 is 5.97 Å². The van der Waals surface area contributed by atoms with Crippen LogP contribution in [0.4, 0.5) is 0 Å². The van der Waals surface area contributed by atoms with Crippen LogP contribution in [0.1, 0.15) is 20.7 Å². The molecule has 5 heteroatoms. The van der Waals surface area contributed by atoms with Gasteiger partial charge in [-0.3, -0.25) is 4.79 Å². The van der Waals surface area contributed by atoms with Crippen molar-refractivity contribution in [2.24, 2.45) is 0 Å². The van der Waals surface area contributed by atoms with E-state index in [-0.39, 0.29) is 11.5 Å². The average molecular weight is 299 g/mol. The van der Waals surface area contributed by atoms with E-state index in [1.54, 1.807) is 50.5 Å². The molecule has 0 aliphatic carbocycles. The zero-order valence-electron chi connectivity index (χ0n) is 12.7. The Hall–Kier alpha value is -2.82. The van der Waals surface area contributed by atoms with Gasteiger partial charge < -0.3 is 14.7 Å². The second-order valence-electron chi connectivity index (χ2n) is 4.99. The number of hydrogen-bond acceptors (Lipinski definition) is 3. The first-order valence-corrected chi connectivity index (χ1v) is 6.67. The Morgan fingerprint density at radius 2 is 1.68 bits per heavy atom. The molecule has 0 saturated carbocycles. The van der Waals surface area contributed by atoms with Crippen LogP contribution in [0, 0.1) is 0 Å². The molecule has 0 unspecified atom stereocenters. The summed E-state index contributed by atoms with van der Waals surface area (Å²) in [6.07, 6.45) is 0. The molecule has 2 aromatic rings. The van der Waals surface area contributed by atoms with Crippen molar-refractivity contribution >= 4 is 11.9 Å². The van der Waals surface area contributed by atoms with Crippen LogP contribution in [-0.4, -0.2) is 43.1 Å². The number of methoxy groups -OCH3 is 1. The normalized spacial score (nSPS) is 10.1. The lowest BCUT2D eigenvalue weighted by atomic mass is 9.98. The largest absolute Gasteiger partial charge is 0.497 e. The van der Waals surface area contributed by atoms with Crippen LogP contribution in [-0.2, 0) is 0 Å². The van der Waals surface area contributed by atoms with Crippen molar-refractivity contribution in [3.8, 4) is 16.9 Å². The molecule has 0 bridgehead atoms. The van der Waals surface area contributed by atoms with E-state index >= 15 is 0 Å². The molecule has 114 valence electrons. The van der Waals surface area contributed by atoms with Crippen molar-refractivity contribution in [2.75, 3.05) is 21.2 Å². The Morgan fingerprint density at radius 3 is 2.18 bits per heavy atom. The molecule has 1 N–H and O–H groups in total. The van der Waals surface area contributed by atoms with Crippen molar-refractivity contribution in [3.63, 3.8) is 0 Å². The minimum absolute atomic E-state index is 0.0975. The SMILES string of the molecule is COc1ccc(-c2ccc(C(=O)N(C)C)cc2)c(C(=O)O)c1. The monoisotopic (exact) mass is 299 g/mol. The van der Waals surface area contributed by atoms with Gasteiger partial charge in [-0.2, -0.15) is 0 Å². The standard InChI is InChI=1S/C17H17NO4/c1-18(2)16(19)12-6-4-11(5-7-12)14-9-8-13(22-3)10-15(14)17(20)21/h4-10H,1-3H3,(H,20,21). The minimum Gasteiger partial charge on any atom is -0.497 e. The van der Waals surface area contributed by atoms with Crippen molar-refractivity contribution in [3.05, 3.63) is 53.6 Å². The topological polar surface area (TPSA) is 66.8 Å². The minimum atomic E-state index is -1.03. The van der Waals surface area contributed by atoms with Gasteiger partial charge in [-0.05, 0) is 41.5 Å². The van der Waals surface area contributed by atoms with Gasteiger partial charge in [0, 0.05) is 19.7 Å². The Labute approximate surface area is 128 Å². The number of aromatic carboxylic acids is 1. The first-order chi connectivity index (χ1) is 10.4. The number of benzene rings is 2. The van der Waals surface area contributed by atoms with Crippen LogP contribution >= 0.6 is 0 Å². The predicted molar refractivity (Wildman–Crippen MR) is 83.4 cm³/mol. The van der Waals surface area contributed by atoms with Crippen molar-refractivity contribution in [1.29, 1.82) is 0 Å². The number of hydrogen-bond donors (Lipinski definition) is 1. The van der Waals surface area contributed by atoms with Gasteiger partial charge in [-0.25, -0.2) is 4.79 Å². The summed E-state index contributed by atoms with van der Waals surface area (Å²) < 4.78 is 5.06. The summed E-state index contributed by atoms with van der Waals surface area (Å²) in [7, 11) is 4.85. The molecule has 5 nitrogen and oxygen atoms in total. The summed E-state index contributed by atoms with van der Waals surface area (Å²) in [4.78, 5) is 24.8. The molecule has 2 rings (SSSR count). The van der Waals surface area contributed by atoms with E-state index in [1.165, 1.54) is 18.1 Å². The third-order valence-corrected chi connectivity index (χ3v) is 3.31. The van der Waals surface area contributed by atoms with E-state index in [0.29, 0.717) is 16.9 Å². The molecule has 0 spiro atoms. The van der Waals surface area contributed by atoms with Crippen LogP contribution < -0.4 is 4.74 Å². The van der Waals surface area contributed by atoms with Crippen LogP contribution in [0.3, 0.4) is 0 Å². The van der Waals surface area contributed by atoms with Gasteiger partial charge in [-0.1, -0.05) is 12.1 Å². The lowest BCUT2D eigenvalue weighted by molar-refractivity contribution is 0.0696. The maximum absolute atomic E-state index is 11.9. The number of carboxylic acids is 1. The van der Waals surface area contributed by atoms with Crippen molar-refractivity contribution < 1.29 is 19.4 Å². The van der Waals surface area contributed by atoms with Gasteiger partial charge in [0.1, 0.15) is 5.75 Å². The summed E-state index contributed by atoms with van der Waals surface area (Å²) in [5.74, 6) is -0.636. The molecule has 0 radical (unpaired) electrons. The highest BCUT2D eigenvalue weighted by Crippen LogP contribution is 2.28. The Kier molecular flexibility index (Phi) is 4.46. The highest BCUT2D eigenvalue weighted by molar-refractivity contribution is 5.98. The maximum atomic E-state index is 11.9. The van der Waals surface area contributed by atoms with Crippen LogP contribution in [0.15, 0.2) is 42.5 Å². The Bertz CT molecular complexity index is 705. The molecule has 0 aliphatic heterocycles. The van der Waals surface area contributed by atoms with E-state index in [4.69, 9.17) is 4.74 Å². The van der Waals surface area contributed by atoms with Gasteiger partial charge in [0.2, 0.25) is 0 Å². The lowest BCUT2D eigenvalue weighted by Gasteiger charge is -2.12. The first-order valence-electron chi connectivity index (χ1n) is 6.67. The number of carbonyl (C=O) groups excluding carboxylic acids is 1. The van der Waals surface area contributed by atoms with Crippen LogP contribution in [0.2, 0.25) is 0 Å². The fourth-order valence-corrected chi connectivity index (χ4v) is 2.13. The van der Waals surface area contributed by atoms with Crippen molar-refractivity contribution in [2.45, 2.75) is 0 Å². The van der Waals surface area contributed by atoms with E-state index in [1.807, 2.05) is 0 Å². The lowest BCUT2D eigenvalue weighted by Crippen LogP contribution is -2.21. The quantitative estimate of drug-likeness (QED) is 0.942. The first kappa shape index (κ1) is 15.6. The highest BCUT2D eigenvalue weighted by atomic mass is 16.5. The fourth-order valence-electron chi connectivity index (χ4n) is 2.13. The second-order valence-corrected chi connectivity index (χ2v) is 4.99. The van der Waals surface area contributed by atoms with E-state index in [0.717, 1.165) is 5.56 Å². The van der Waals surface area contributed by atoms with E-state index in [2.05, 4.69) is 0 Å². The molecular weight excluding hydrogens is 282 g/mol. The molecule has 2 aromatic carbocycles. The summed E-state index contributed by atoms with van der Waals surface area (Å²) in [6.45, 7) is 0. The third-order valence-electron chi connectivity index (χ3n) is 3.31. The molecular formula is C17H17NO4. The number of carboxylic acid groups (broad SMARTS) is 1. The number of nitrogens with zero attached hydrogens (tertiary/aromatic N) is 1. The van der Waals surface area contributed by atoms with Gasteiger partial charge in [-0.15, -0.1) is 0 Å². The van der Waals surface area contributed by atoms with Gasteiger partial charge in [0.25, 0.3) is 5.91 Å². The van der Waals surface area contributed by atoms with Gasteiger partial charge in [0.05, 0.1) is 12.7 Å². The summed E-state index contributed by atoms with van der Waals surface area (Å²) in [6, 6.07) is 11.7. The van der Waals surface area contributed by atoms with Gasteiger partial charge in [0.15, 0.2) is 0 Å². The summed E-state index contributed by atoms with van der Waals surface area (Å²) in [5, 5.41) is 9.35. The molecule has 0 heterocycles. The second kappa shape index (κ2) is 6.30. The highest BCUT2D eigenvalue weighted by Gasteiger charge is 2.14. The Balaban J connectivity index is 2.44. The molecule has 22 heavy (non-hydrogen) atoms. The third kappa shape index (κ3) is 3.09. The van der Waals surface area contributed by atoms with Crippen molar-refractivity contribution in [1.82, 2.24) is 4.90 Å². The van der Waals surface area contributed by atoms with Crippen LogP contribution in [0.5, 0.6) is 5.75 Å². The summed E-state index contributed by atoms with van der Waals surface area (Å²) >= 11 is 0. The average Bonchev–Trinajstić information content (AvgIpc) is 2.53. The zero-order chi connectivity index (χ0) is 16.3. The number of rotatable bonds is 4. The maximum Gasteiger partial charge on any atom is 0.336 e. The predicted octanol–water partition coefficient (Wildman–Crippen LogP) is 2.76. The van der Waals surface area contributed by atoms with Crippen LogP contribution in [0.25, 0.3) is 11.1 Å². The number of amides is 1.